The molecule has 108 valence electrons. The van der Waals surface area contributed by atoms with Gasteiger partial charge < -0.3 is 35.4 Å². The monoisotopic (exact) mass is 274 g/mol. The number of carbonyl (C=O) groups excluding carboxylic acids is 1. The standard InChI is InChI=1S/C11H18N2O6/c1-5(14)8-7(16)9(17)11(2,19-8)13-4-3-6(15)12-10(13)18/h3-5,7-10,14,16-18H,1-2H3,(H,12,15)/t5-,7-,8-,9-,10?,11-/m1/s1. The molecule has 0 radical (unpaired) electrons. The zero-order valence-electron chi connectivity index (χ0n) is 10.6. The van der Waals surface area contributed by atoms with E-state index in [1.54, 1.807) is 0 Å². The van der Waals surface area contributed by atoms with Gasteiger partial charge in [0.15, 0.2) is 5.72 Å². The number of hydrogen-bond donors (Lipinski definition) is 5. The van der Waals surface area contributed by atoms with Crippen LogP contribution < -0.4 is 5.32 Å². The summed E-state index contributed by atoms with van der Waals surface area (Å²) < 4.78 is 5.49. The number of nitrogens with one attached hydrogen (secondary N) is 1. The molecule has 2 heterocycles. The van der Waals surface area contributed by atoms with Crippen molar-refractivity contribution in [2.75, 3.05) is 0 Å². The number of aliphatic hydroxyl groups is 4. The van der Waals surface area contributed by atoms with Crippen molar-refractivity contribution in [3.8, 4) is 0 Å². The Hall–Kier alpha value is -1.19. The van der Waals surface area contributed by atoms with Gasteiger partial charge in [-0.3, -0.25) is 4.79 Å². The molecule has 5 N–H and O–H groups in total. The number of amides is 1. The van der Waals surface area contributed by atoms with Gasteiger partial charge in [0.1, 0.15) is 18.3 Å². The number of carbonyl (C=O) groups is 1. The van der Waals surface area contributed by atoms with Crippen LogP contribution in [0, 0.1) is 0 Å². The Morgan fingerprint density at radius 1 is 1.47 bits per heavy atom. The maximum Gasteiger partial charge on any atom is 0.248 e. The van der Waals surface area contributed by atoms with Crippen molar-refractivity contribution >= 4 is 5.91 Å². The number of nitrogens with zero attached hydrogens (tertiary/aromatic N) is 1. The Bertz CT molecular complexity index is 401. The lowest BCUT2D eigenvalue weighted by molar-refractivity contribution is -0.213. The van der Waals surface area contributed by atoms with Gasteiger partial charge in [-0.2, -0.15) is 0 Å². The molecule has 2 aliphatic heterocycles. The lowest BCUT2D eigenvalue weighted by Gasteiger charge is -2.43. The minimum atomic E-state index is -1.47. The van der Waals surface area contributed by atoms with Gasteiger partial charge in [-0.25, -0.2) is 0 Å². The molecule has 0 aromatic rings. The molecule has 0 aliphatic carbocycles. The summed E-state index contributed by atoms with van der Waals surface area (Å²) in [5, 5.41) is 41.5. The summed E-state index contributed by atoms with van der Waals surface area (Å²) in [5.74, 6) is -0.479. The molecule has 1 unspecified atom stereocenters. The van der Waals surface area contributed by atoms with E-state index in [2.05, 4.69) is 5.32 Å². The van der Waals surface area contributed by atoms with Crippen LogP contribution in [0.3, 0.4) is 0 Å². The molecule has 0 aromatic heterocycles. The first-order valence-corrected chi connectivity index (χ1v) is 5.94. The van der Waals surface area contributed by atoms with Crippen molar-refractivity contribution in [3.05, 3.63) is 12.3 Å². The van der Waals surface area contributed by atoms with E-state index in [4.69, 9.17) is 4.74 Å². The van der Waals surface area contributed by atoms with E-state index in [1.165, 1.54) is 24.9 Å². The van der Waals surface area contributed by atoms with Crippen LogP contribution in [0.15, 0.2) is 12.3 Å². The second-order valence-corrected chi connectivity index (χ2v) is 4.92. The molecular weight excluding hydrogens is 256 g/mol. The number of ether oxygens (including phenoxy) is 1. The SMILES string of the molecule is C[C@@H](O)[C@H]1O[C@@](C)(N2C=CC(=O)NC2O)[C@H](O)[C@@H]1O. The number of aliphatic hydroxyl groups excluding tert-OH is 4. The molecule has 8 nitrogen and oxygen atoms in total. The van der Waals surface area contributed by atoms with E-state index in [1.807, 2.05) is 0 Å². The lowest BCUT2D eigenvalue weighted by atomic mass is 10.0. The van der Waals surface area contributed by atoms with E-state index >= 15 is 0 Å². The average molecular weight is 274 g/mol. The largest absolute Gasteiger partial charge is 0.391 e. The van der Waals surface area contributed by atoms with Crippen molar-refractivity contribution in [1.29, 1.82) is 0 Å². The maximum absolute atomic E-state index is 11.1. The van der Waals surface area contributed by atoms with Crippen LogP contribution in [0.1, 0.15) is 13.8 Å². The molecule has 8 heteroatoms. The van der Waals surface area contributed by atoms with Gasteiger partial charge in [-0.1, -0.05) is 0 Å². The summed E-state index contributed by atoms with van der Waals surface area (Å²) in [7, 11) is 0. The average Bonchev–Trinajstić information content (AvgIpc) is 2.54. The van der Waals surface area contributed by atoms with Crippen molar-refractivity contribution in [1.82, 2.24) is 10.2 Å². The second kappa shape index (κ2) is 4.73. The van der Waals surface area contributed by atoms with Gasteiger partial charge in [0, 0.05) is 12.3 Å². The van der Waals surface area contributed by atoms with Gasteiger partial charge in [-0.15, -0.1) is 0 Å². The molecule has 2 aliphatic rings. The molecule has 0 aromatic carbocycles. The van der Waals surface area contributed by atoms with Gasteiger partial charge >= 0.3 is 0 Å². The van der Waals surface area contributed by atoms with Crippen LogP contribution >= 0.6 is 0 Å². The molecule has 0 bridgehead atoms. The predicted octanol–water partition coefficient (Wildman–Crippen LogP) is -2.57. The van der Waals surface area contributed by atoms with Crippen LogP contribution in [-0.2, 0) is 9.53 Å². The highest BCUT2D eigenvalue weighted by Crippen LogP contribution is 2.36. The van der Waals surface area contributed by atoms with Crippen LogP contribution in [0.2, 0.25) is 0 Å². The summed E-state index contributed by atoms with van der Waals surface area (Å²) in [4.78, 5) is 12.3. The molecule has 1 fully saturated rings. The number of rotatable bonds is 2. The summed E-state index contributed by atoms with van der Waals surface area (Å²) in [5.41, 5.74) is -1.47. The molecule has 19 heavy (non-hydrogen) atoms. The fourth-order valence-electron chi connectivity index (χ4n) is 2.37. The first-order chi connectivity index (χ1) is 8.77. The summed E-state index contributed by atoms with van der Waals surface area (Å²) in [6.45, 7) is 2.88. The third kappa shape index (κ3) is 2.21. The smallest absolute Gasteiger partial charge is 0.248 e. The zero-order valence-corrected chi connectivity index (χ0v) is 10.6. The van der Waals surface area contributed by atoms with Crippen molar-refractivity contribution in [3.63, 3.8) is 0 Å². The van der Waals surface area contributed by atoms with Gasteiger partial charge in [0.25, 0.3) is 0 Å². The van der Waals surface area contributed by atoms with Crippen LogP contribution in [0.4, 0.5) is 0 Å². The first-order valence-electron chi connectivity index (χ1n) is 5.94. The van der Waals surface area contributed by atoms with E-state index in [0.29, 0.717) is 0 Å². The van der Waals surface area contributed by atoms with Crippen LogP contribution in [0.25, 0.3) is 0 Å². The highest BCUT2D eigenvalue weighted by Gasteiger charge is 2.56. The minimum absolute atomic E-state index is 0.479. The zero-order chi connectivity index (χ0) is 14.4. The summed E-state index contributed by atoms with van der Waals surface area (Å²) in [6, 6.07) is 0. The topological polar surface area (TPSA) is 122 Å². The highest BCUT2D eigenvalue weighted by atomic mass is 16.6. The van der Waals surface area contributed by atoms with E-state index in [9.17, 15) is 25.2 Å². The van der Waals surface area contributed by atoms with Gasteiger partial charge in [0.2, 0.25) is 12.3 Å². The van der Waals surface area contributed by atoms with Crippen molar-refractivity contribution in [2.24, 2.45) is 0 Å². The van der Waals surface area contributed by atoms with Crippen molar-refractivity contribution < 1.29 is 30.0 Å². The normalized spacial score (nSPS) is 44.3. The maximum atomic E-state index is 11.1. The lowest BCUT2D eigenvalue weighted by Crippen LogP contribution is -2.62. The third-order valence-corrected chi connectivity index (χ3v) is 3.49. The third-order valence-electron chi connectivity index (χ3n) is 3.49. The quantitative estimate of drug-likeness (QED) is 0.375. The molecule has 0 saturated carbocycles. The Balaban J connectivity index is 2.28. The Morgan fingerprint density at radius 3 is 2.58 bits per heavy atom. The van der Waals surface area contributed by atoms with Crippen LogP contribution in [-0.4, -0.2) is 67.7 Å². The molecule has 1 saturated heterocycles. The summed E-state index contributed by atoms with van der Waals surface area (Å²) in [6.07, 6.45) is -3.60. The predicted molar refractivity (Wildman–Crippen MR) is 62.1 cm³/mol. The Labute approximate surface area is 109 Å². The van der Waals surface area contributed by atoms with Gasteiger partial charge in [-0.05, 0) is 13.8 Å². The van der Waals surface area contributed by atoms with E-state index < -0.39 is 42.4 Å². The first kappa shape index (κ1) is 14.2. The minimum Gasteiger partial charge on any atom is -0.391 e. The fraction of sp³-hybridized carbons (Fsp3) is 0.727. The van der Waals surface area contributed by atoms with E-state index in [0.717, 1.165) is 6.08 Å². The molecule has 2 rings (SSSR count). The van der Waals surface area contributed by atoms with Crippen LogP contribution in [0.5, 0.6) is 0 Å². The molecule has 6 atom stereocenters. The van der Waals surface area contributed by atoms with Crippen molar-refractivity contribution in [2.45, 2.75) is 50.3 Å². The number of hydrogen-bond acceptors (Lipinski definition) is 7. The molecular formula is C11H18N2O6. The Morgan fingerprint density at radius 2 is 2.11 bits per heavy atom. The van der Waals surface area contributed by atoms with E-state index in [-0.39, 0.29) is 0 Å². The van der Waals surface area contributed by atoms with Gasteiger partial charge in [0.05, 0.1) is 6.10 Å². The second-order valence-electron chi connectivity index (χ2n) is 4.92. The molecule has 0 spiro atoms. The molecule has 1 amide bonds. The Kier molecular flexibility index (Phi) is 3.54. The highest BCUT2D eigenvalue weighted by molar-refractivity contribution is 5.88. The fourth-order valence-corrected chi connectivity index (χ4v) is 2.37. The summed E-state index contributed by atoms with van der Waals surface area (Å²) >= 11 is 0.